The highest BCUT2D eigenvalue weighted by Crippen LogP contribution is 2.35. The van der Waals surface area contributed by atoms with E-state index in [0.717, 1.165) is 27.4 Å². The first kappa shape index (κ1) is 14.1. The number of ether oxygens (including phenoxy) is 3. The molecule has 2 aromatic rings. The molecular weight excluding hydrogens is 334 g/mol. The first-order chi connectivity index (χ1) is 10.2. The van der Waals surface area contributed by atoms with Crippen molar-refractivity contribution in [3.05, 3.63) is 46.4 Å². The number of fused-ring (bicyclic) bond motifs is 1. The molecule has 21 heavy (non-hydrogen) atoms. The lowest BCUT2D eigenvalue weighted by molar-refractivity contribution is 0.174. The lowest BCUT2D eigenvalue weighted by atomic mass is 10.1. The zero-order valence-electron chi connectivity index (χ0n) is 11.9. The molecular formula is C16H16BrNO3. The van der Waals surface area contributed by atoms with Gasteiger partial charge in [0.25, 0.3) is 0 Å². The van der Waals surface area contributed by atoms with Gasteiger partial charge in [-0.2, -0.15) is 0 Å². The molecule has 0 spiro atoms. The zero-order chi connectivity index (χ0) is 14.8. The van der Waals surface area contributed by atoms with Gasteiger partial charge in [-0.3, -0.25) is 0 Å². The van der Waals surface area contributed by atoms with Crippen molar-refractivity contribution in [3.8, 4) is 17.2 Å². The zero-order valence-corrected chi connectivity index (χ0v) is 13.4. The molecule has 1 N–H and O–H groups in total. The molecule has 0 aliphatic carbocycles. The minimum Gasteiger partial charge on any atom is -0.496 e. The molecule has 0 bridgehead atoms. The summed E-state index contributed by atoms with van der Waals surface area (Å²) < 4.78 is 16.9. The summed E-state index contributed by atoms with van der Waals surface area (Å²) in [5.74, 6) is 2.40. The summed E-state index contributed by atoms with van der Waals surface area (Å²) in [6.45, 7) is 2.40. The fourth-order valence-corrected chi connectivity index (χ4v) is 2.83. The van der Waals surface area contributed by atoms with E-state index in [9.17, 15) is 0 Å². The molecule has 1 atom stereocenters. The Hall–Kier alpha value is -1.88. The van der Waals surface area contributed by atoms with Crippen molar-refractivity contribution < 1.29 is 14.2 Å². The summed E-state index contributed by atoms with van der Waals surface area (Å²) in [6, 6.07) is 12.1. The normalized spacial score (nSPS) is 13.9. The second-order valence-corrected chi connectivity index (χ2v) is 5.68. The molecule has 0 saturated carbocycles. The first-order valence-corrected chi connectivity index (χ1v) is 7.46. The van der Waals surface area contributed by atoms with E-state index in [1.807, 2.05) is 30.3 Å². The van der Waals surface area contributed by atoms with Gasteiger partial charge in [-0.25, -0.2) is 0 Å². The van der Waals surface area contributed by atoms with Gasteiger partial charge >= 0.3 is 0 Å². The van der Waals surface area contributed by atoms with Crippen molar-refractivity contribution in [1.29, 1.82) is 0 Å². The SMILES string of the molecule is COc1ccc(C(C)Nc2ccc3c(c2)OCO3)cc1Br. The van der Waals surface area contributed by atoms with Crippen LogP contribution in [-0.2, 0) is 0 Å². The Kier molecular flexibility index (Phi) is 3.92. The van der Waals surface area contributed by atoms with Gasteiger partial charge in [0.2, 0.25) is 6.79 Å². The minimum absolute atomic E-state index is 0.160. The molecule has 0 amide bonds. The van der Waals surface area contributed by atoms with Crippen LogP contribution in [0.3, 0.4) is 0 Å². The number of hydrogen-bond donors (Lipinski definition) is 1. The van der Waals surface area contributed by atoms with E-state index in [1.54, 1.807) is 7.11 Å². The van der Waals surface area contributed by atoms with Crippen molar-refractivity contribution >= 4 is 21.6 Å². The Balaban J connectivity index is 1.76. The molecule has 1 heterocycles. The molecule has 5 heteroatoms. The maximum absolute atomic E-state index is 5.39. The number of anilines is 1. The number of benzene rings is 2. The van der Waals surface area contributed by atoms with Crippen LogP contribution in [0.5, 0.6) is 17.2 Å². The van der Waals surface area contributed by atoms with Crippen LogP contribution in [0.2, 0.25) is 0 Å². The fourth-order valence-electron chi connectivity index (χ4n) is 2.27. The first-order valence-electron chi connectivity index (χ1n) is 6.67. The van der Waals surface area contributed by atoms with Crippen molar-refractivity contribution in [2.75, 3.05) is 19.2 Å². The summed E-state index contributed by atoms with van der Waals surface area (Å²) in [5.41, 5.74) is 2.17. The van der Waals surface area contributed by atoms with E-state index in [2.05, 4.69) is 34.2 Å². The summed E-state index contributed by atoms with van der Waals surface area (Å²) >= 11 is 3.51. The van der Waals surface area contributed by atoms with Gasteiger partial charge < -0.3 is 19.5 Å². The third kappa shape index (κ3) is 2.93. The molecule has 3 rings (SSSR count). The van der Waals surface area contributed by atoms with Crippen molar-refractivity contribution in [3.63, 3.8) is 0 Å². The van der Waals surface area contributed by atoms with Crippen molar-refractivity contribution in [2.24, 2.45) is 0 Å². The van der Waals surface area contributed by atoms with Crippen molar-refractivity contribution in [1.82, 2.24) is 0 Å². The van der Waals surface area contributed by atoms with Gasteiger partial charge in [0.15, 0.2) is 11.5 Å². The summed E-state index contributed by atoms with van der Waals surface area (Å²) in [5, 5.41) is 3.46. The molecule has 4 nitrogen and oxygen atoms in total. The van der Waals surface area contributed by atoms with E-state index >= 15 is 0 Å². The number of hydrogen-bond acceptors (Lipinski definition) is 4. The molecule has 0 saturated heterocycles. The third-order valence-electron chi connectivity index (χ3n) is 3.43. The van der Waals surface area contributed by atoms with Crippen LogP contribution in [0.1, 0.15) is 18.5 Å². The molecule has 0 fully saturated rings. The molecule has 1 aliphatic heterocycles. The number of rotatable bonds is 4. The van der Waals surface area contributed by atoms with Gasteiger partial charge in [-0.1, -0.05) is 6.07 Å². The van der Waals surface area contributed by atoms with Crippen molar-refractivity contribution in [2.45, 2.75) is 13.0 Å². The lowest BCUT2D eigenvalue weighted by Crippen LogP contribution is -2.06. The Morgan fingerprint density at radius 1 is 1.14 bits per heavy atom. The molecule has 1 unspecified atom stereocenters. The fraction of sp³-hybridized carbons (Fsp3) is 0.250. The van der Waals surface area contributed by atoms with E-state index < -0.39 is 0 Å². The predicted molar refractivity (Wildman–Crippen MR) is 85.3 cm³/mol. The smallest absolute Gasteiger partial charge is 0.231 e. The average molecular weight is 350 g/mol. The van der Waals surface area contributed by atoms with Crippen LogP contribution in [0.4, 0.5) is 5.69 Å². The molecule has 110 valence electrons. The molecule has 1 aliphatic rings. The minimum atomic E-state index is 0.160. The Bertz CT molecular complexity index is 660. The molecule has 2 aromatic carbocycles. The van der Waals surface area contributed by atoms with E-state index in [4.69, 9.17) is 14.2 Å². The highest BCUT2D eigenvalue weighted by atomic mass is 79.9. The lowest BCUT2D eigenvalue weighted by Gasteiger charge is -2.17. The van der Waals surface area contributed by atoms with Crippen LogP contribution in [0, 0.1) is 0 Å². The maximum atomic E-state index is 5.39. The topological polar surface area (TPSA) is 39.7 Å². The van der Waals surface area contributed by atoms with E-state index in [0.29, 0.717) is 6.79 Å². The van der Waals surface area contributed by atoms with Gasteiger partial charge in [-0.15, -0.1) is 0 Å². The molecule has 0 radical (unpaired) electrons. The standard InChI is InChI=1S/C16H16BrNO3/c1-10(11-3-5-14(19-2)13(17)7-11)18-12-4-6-15-16(8-12)21-9-20-15/h3-8,10,18H,9H2,1-2H3. The Morgan fingerprint density at radius 3 is 2.71 bits per heavy atom. The second kappa shape index (κ2) is 5.85. The second-order valence-electron chi connectivity index (χ2n) is 4.83. The van der Waals surface area contributed by atoms with E-state index in [1.165, 1.54) is 5.56 Å². The van der Waals surface area contributed by atoms with E-state index in [-0.39, 0.29) is 6.04 Å². The highest BCUT2D eigenvalue weighted by molar-refractivity contribution is 9.10. The summed E-state index contributed by atoms with van der Waals surface area (Å²) in [7, 11) is 1.66. The Labute approximate surface area is 132 Å². The van der Waals surface area contributed by atoms with Crippen LogP contribution < -0.4 is 19.5 Å². The van der Waals surface area contributed by atoms with Gasteiger partial charge in [-0.05, 0) is 52.7 Å². The average Bonchev–Trinajstić information content (AvgIpc) is 2.94. The maximum Gasteiger partial charge on any atom is 0.231 e. The highest BCUT2D eigenvalue weighted by Gasteiger charge is 2.14. The quantitative estimate of drug-likeness (QED) is 0.890. The Morgan fingerprint density at radius 2 is 1.95 bits per heavy atom. The van der Waals surface area contributed by atoms with Crippen LogP contribution in [0.25, 0.3) is 0 Å². The monoisotopic (exact) mass is 349 g/mol. The predicted octanol–water partition coefficient (Wildman–Crippen LogP) is 4.36. The van der Waals surface area contributed by atoms with Gasteiger partial charge in [0.1, 0.15) is 5.75 Å². The van der Waals surface area contributed by atoms with Gasteiger partial charge in [0, 0.05) is 17.8 Å². The number of methoxy groups -OCH3 is 1. The third-order valence-corrected chi connectivity index (χ3v) is 4.05. The van der Waals surface area contributed by atoms with Crippen LogP contribution in [0.15, 0.2) is 40.9 Å². The van der Waals surface area contributed by atoms with Crippen LogP contribution in [-0.4, -0.2) is 13.9 Å². The number of halogens is 1. The van der Waals surface area contributed by atoms with Crippen LogP contribution >= 0.6 is 15.9 Å². The van der Waals surface area contributed by atoms with Gasteiger partial charge in [0.05, 0.1) is 11.6 Å². The summed E-state index contributed by atoms with van der Waals surface area (Å²) in [4.78, 5) is 0. The largest absolute Gasteiger partial charge is 0.496 e. The summed E-state index contributed by atoms with van der Waals surface area (Å²) in [6.07, 6.45) is 0. The number of nitrogens with one attached hydrogen (secondary N) is 1. The molecule has 0 aromatic heterocycles.